The summed E-state index contributed by atoms with van der Waals surface area (Å²) in [5.74, 6) is 3.16. The number of hydrogen-bond acceptors (Lipinski definition) is 6. The fraction of sp³-hybridized carbons (Fsp3) is 0.0526. The Balaban J connectivity index is 1.02. The molecule has 6 aliphatic heterocycles. The Hall–Kier alpha value is -10.3. The predicted octanol–water partition coefficient (Wildman–Crippen LogP) is 19.1. The van der Waals surface area contributed by atoms with Gasteiger partial charge in [0.1, 0.15) is 11.4 Å². The van der Waals surface area contributed by atoms with E-state index in [-0.39, 0.29) is 0 Å². The summed E-state index contributed by atoms with van der Waals surface area (Å²) in [4.78, 5) is 7.77. The molecule has 3 aromatic heterocycles. The zero-order chi connectivity index (χ0) is 56.3. The number of aromatic nitrogens is 3. The van der Waals surface area contributed by atoms with Crippen molar-refractivity contribution in [2.75, 3.05) is 14.7 Å². The molecule has 6 aliphatic rings. The molecule has 86 heavy (non-hydrogen) atoms. The third-order valence-corrected chi connectivity index (χ3v) is 24.3. The topological polar surface area (TPSA) is 43.0 Å². The molecule has 10 heteroatoms. The Kier molecular flexibility index (Phi) is 8.42. The van der Waals surface area contributed by atoms with E-state index in [2.05, 4.69) is 268 Å². The average molecular weight is 1140 g/mol. The Morgan fingerprint density at radius 1 is 0.326 bits per heavy atom. The first kappa shape index (κ1) is 46.1. The van der Waals surface area contributed by atoms with E-state index in [0.717, 1.165) is 140 Å². The molecular formula is C76H47N6O2PS. The molecule has 15 aromatic rings. The second kappa shape index (κ2) is 15.7. The first-order valence-corrected chi connectivity index (χ1v) is 32.4. The van der Waals surface area contributed by atoms with E-state index in [1.54, 1.807) is 0 Å². The van der Waals surface area contributed by atoms with E-state index in [4.69, 9.17) is 21.3 Å². The van der Waals surface area contributed by atoms with Crippen LogP contribution in [0.5, 0.6) is 23.0 Å². The second-order valence-electron chi connectivity index (χ2n) is 24.2. The highest BCUT2D eigenvalue weighted by atomic mass is 32.4. The van der Waals surface area contributed by atoms with Crippen LogP contribution in [0.15, 0.2) is 218 Å². The van der Waals surface area contributed by atoms with Crippen LogP contribution >= 0.6 is 6.04 Å². The van der Waals surface area contributed by atoms with Gasteiger partial charge < -0.3 is 37.9 Å². The third kappa shape index (κ3) is 5.39. The summed E-state index contributed by atoms with van der Waals surface area (Å²) < 4.78 is 23.0. The number of para-hydroxylation sites is 6. The van der Waals surface area contributed by atoms with E-state index in [0.29, 0.717) is 6.42 Å². The smallest absolute Gasteiger partial charge is 0.176 e. The number of aryl methyl sites for hydroxylation is 3. The highest BCUT2D eigenvalue weighted by molar-refractivity contribution is 8.26. The number of ether oxygens (including phenoxy) is 2. The lowest BCUT2D eigenvalue weighted by Gasteiger charge is -2.55. The van der Waals surface area contributed by atoms with Gasteiger partial charge in [-0.2, -0.15) is 0 Å². The second-order valence-corrected chi connectivity index (χ2v) is 28.4. The van der Waals surface area contributed by atoms with Gasteiger partial charge in [0.05, 0.1) is 90.3 Å². The number of rotatable bonds is 3. The lowest BCUT2D eigenvalue weighted by Crippen LogP contribution is -2.50. The van der Waals surface area contributed by atoms with Crippen LogP contribution in [0.1, 0.15) is 27.8 Å². The van der Waals surface area contributed by atoms with Crippen molar-refractivity contribution in [3.8, 4) is 40.1 Å². The molecule has 21 rings (SSSR count). The SMILES string of the molecule is Cc1ccc2c(c1)Cc1c(-n3c4ccccc4c4ccccc43)cc3c4c1N2c1cc(-n2c5ccccc5c5ccccc52)c2c5c1P4(=S)c1c(cc(-n4c6ccccc6c6ccccc64)c4c1N3c1ccc(C)cc1O4)N5c1ccc(C)cc1O2. The Morgan fingerprint density at radius 3 is 1.06 bits per heavy atom. The van der Waals surface area contributed by atoms with Gasteiger partial charge in [0.2, 0.25) is 0 Å². The fourth-order valence-corrected chi connectivity index (χ4v) is 21.4. The fourth-order valence-electron chi connectivity index (χ4n) is 16.2. The summed E-state index contributed by atoms with van der Waals surface area (Å²) in [7, 11) is 0. The van der Waals surface area contributed by atoms with Gasteiger partial charge in [-0.25, -0.2) is 0 Å². The van der Waals surface area contributed by atoms with Crippen molar-refractivity contribution in [3.05, 3.63) is 246 Å². The van der Waals surface area contributed by atoms with Crippen molar-refractivity contribution in [3.63, 3.8) is 0 Å². The van der Waals surface area contributed by atoms with Crippen LogP contribution in [-0.2, 0) is 18.2 Å². The van der Waals surface area contributed by atoms with Gasteiger partial charge >= 0.3 is 0 Å². The molecule has 0 N–H and O–H groups in total. The molecule has 9 heterocycles. The molecule has 1 unspecified atom stereocenters. The highest BCUT2D eigenvalue weighted by Gasteiger charge is 2.58. The maximum Gasteiger partial charge on any atom is 0.176 e. The van der Waals surface area contributed by atoms with Gasteiger partial charge in [0.25, 0.3) is 0 Å². The number of nitrogens with zero attached hydrogens (tertiary/aromatic N) is 6. The van der Waals surface area contributed by atoms with Crippen molar-refractivity contribution in [1.82, 2.24) is 13.7 Å². The number of hydrogen-bond donors (Lipinski definition) is 0. The summed E-state index contributed by atoms with van der Waals surface area (Å²) in [6.45, 7) is 6.55. The number of fused-ring (bicyclic) bond motifs is 18. The van der Waals surface area contributed by atoms with Crippen LogP contribution in [-0.4, -0.2) is 13.7 Å². The van der Waals surface area contributed by atoms with Crippen molar-refractivity contribution < 1.29 is 9.47 Å². The van der Waals surface area contributed by atoms with Crippen LogP contribution in [0.25, 0.3) is 82.5 Å². The van der Waals surface area contributed by atoms with E-state index < -0.39 is 6.04 Å². The van der Waals surface area contributed by atoms with E-state index in [9.17, 15) is 0 Å². The zero-order valence-corrected chi connectivity index (χ0v) is 48.6. The molecule has 404 valence electrons. The average Bonchev–Trinajstić information content (AvgIpc) is 0.696. The molecule has 0 saturated heterocycles. The van der Waals surface area contributed by atoms with E-state index in [1.807, 2.05) is 0 Å². The van der Waals surface area contributed by atoms with Crippen LogP contribution in [0.2, 0.25) is 0 Å². The summed E-state index contributed by atoms with van der Waals surface area (Å²) in [5, 5.41) is 10.6. The van der Waals surface area contributed by atoms with E-state index in [1.165, 1.54) is 60.0 Å². The molecule has 12 aromatic carbocycles. The van der Waals surface area contributed by atoms with Crippen molar-refractivity contribution in [2.24, 2.45) is 0 Å². The molecule has 1 atom stereocenters. The minimum Gasteiger partial charge on any atom is -0.451 e. The monoisotopic (exact) mass is 1140 g/mol. The molecule has 0 fully saturated rings. The summed E-state index contributed by atoms with van der Waals surface area (Å²) in [6, 6.07) is 77.9. The third-order valence-electron chi connectivity index (χ3n) is 19.5. The molecule has 0 aliphatic carbocycles. The minimum absolute atomic E-state index is 0.709. The number of anilines is 9. The first-order chi connectivity index (χ1) is 42.3. The van der Waals surface area contributed by atoms with E-state index >= 15 is 0 Å². The van der Waals surface area contributed by atoms with Gasteiger partial charge in [-0.3, -0.25) is 0 Å². The van der Waals surface area contributed by atoms with Crippen LogP contribution in [0, 0.1) is 20.8 Å². The summed E-state index contributed by atoms with van der Waals surface area (Å²) in [5.41, 5.74) is 25.1. The zero-order valence-electron chi connectivity index (χ0n) is 46.8. The normalized spacial score (nSPS) is 15.8. The minimum atomic E-state index is -3.24. The summed E-state index contributed by atoms with van der Waals surface area (Å²) >= 11 is 8.19. The molecule has 8 nitrogen and oxygen atoms in total. The van der Waals surface area contributed by atoms with Crippen molar-refractivity contribution >= 4 is 150 Å². The molecule has 0 bridgehead atoms. The van der Waals surface area contributed by atoms with Crippen LogP contribution < -0.4 is 40.1 Å². The van der Waals surface area contributed by atoms with Crippen LogP contribution in [0.3, 0.4) is 0 Å². The molecule has 0 saturated carbocycles. The predicted molar refractivity (Wildman–Crippen MR) is 357 cm³/mol. The van der Waals surface area contributed by atoms with Crippen molar-refractivity contribution in [2.45, 2.75) is 27.2 Å². The Morgan fingerprint density at radius 2 is 0.651 bits per heavy atom. The first-order valence-electron chi connectivity index (χ1n) is 29.6. The molecule has 0 radical (unpaired) electrons. The number of benzene rings is 12. The van der Waals surface area contributed by atoms with Gasteiger partial charge in [-0.15, -0.1) is 0 Å². The molecule has 0 amide bonds. The Bertz CT molecular complexity index is 5100. The van der Waals surface area contributed by atoms with Crippen molar-refractivity contribution in [1.29, 1.82) is 0 Å². The van der Waals surface area contributed by atoms with Gasteiger partial charge in [0, 0.05) is 65.9 Å². The summed E-state index contributed by atoms with van der Waals surface area (Å²) in [6.07, 6.45) is 0.709. The maximum atomic E-state index is 8.19. The molecule has 0 spiro atoms. The van der Waals surface area contributed by atoms with Gasteiger partial charge in [-0.05, 0) is 122 Å². The standard InChI is InChI=1S/C76H47N6O2PS/c1-41-28-31-52-44(34-41)37-51-61(77-53-22-10-4-16-45(53)46-17-5-11-23-54(46)77)38-64-74-69(51)80(52)65-39-62(78-55-24-12-6-18-47(55)48-19-7-13-25-56(48)78)72-70-75(65)85(74,86)76-66(82(70)60-33-30-43(3)36-68(60)84-72)40-63(73-71(76)81(64)59-32-29-42(2)35-67(59)83-73)79-57-26-14-8-20-49(57)50-21-9-15-27-58(50)79/h4-36,38-40H,37H2,1-3H3. The highest BCUT2D eigenvalue weighted by Crippen LogP contribution is 2.74. The van der Waals surface area contributed by atoms with Crippen LogP contribution in [0.4, 0.5) is 51.2 Å². The lowest BCUT2D eigenvalue weighted by atomic mass is 9.90. The van der Waals surface area contributed by atoms with Gasteiger partial charge in [-0.1, -0.05) is 151 Å². The Labute approximate surface area is 498 Å². The molecular weight excluding hydrogens is 1090 g/mol. The van der Waals surface area contributed by atoms with Gasteiger partial charge in [0.15, 0.2) is 23.0 Å². The largest absolute Gasteiger partial charge is 0.451 e. The quantitative estimate of drug-likeness (QED) is 0.164. The maximum absolute atomic E-state index is 8.19. The lowest BCUT2D eigenvalue weighted by molar-refractivity contribution is 0.473.